The number of carboxylic acids is 1. The average molecular weight is 322 g/mol. The van der Waals surface area contributed by atoms with Crippen molar-refractivity contribution in [3.8, 4) is 0 Å². The summed E-state index contributed by atoms with van der Waals surface area (Å²) >= 11 is 1.76. The Morgan fingerprint density at radius 1 is 1.40 bits per heavy atom. The van der Waals surface area contributed by atoms with Crippen molar-refractivity contribution in [3.63, 3.8) is 0 Å². The van der Waals surface area contributed by atoms with Gasteiger partial charge < -0.3 is 15.3 Å². The molecule has 2 atom stereocenters. The van der Waals surface area contributed by atoms with E-state index in [4.69, 9.17) is 5.11 Å². The van der Waals surface area contributed by atoms with E-state index < -0.39 is 21.8 Å². The number of urea groups is 1. The van der Waals surface area contributed by atoms with Crippen molar-refractivity contribution in [2.45, 2.75) is 24.9 Å². The molecule has 114 valence electrons. The number of hydrogen-bond acceptors (Lipinski definition) is 5. The van der Waals surface area contributed by atoms with Gasteiger partial charge in [-0.25, -0.2) is 13.2 Å². The summed E-state index contributed by atoms with van der Waals surface area (Å²) in [6.45, 7) is 0.0615. The van der Waals surface area contributed by atoms with Crippen LogP contribution in [-0.4, -0.2) is 72.1 Å². The SMILES string of the molecule is O=C(O)CC1CS(=O)(=O)CCN1C(=O)NC1CCSC1. The van der Waals surface area contributed by atoms with Gasteiger partial charge in [0.05, 0.1) is 24.0 Å². The monoisotopic (exact) mass is 322 g/mol. The van der Waals surface area contributed by atoms with E-state index in [1.54, 1.807) is 11.8 Å². The minimum Gasteiger partial charge on any atom is -0.481 e. The molecular weight excluding hydrogens is 304 g/mol. The number of carbonyl (C=O) groups excluding carboxylic acids is 1. The molecule has 0 aliphatic carbocycles. The van der Waals surface area contributed by atoms with Gasteiger partial charge in [-0.1, -0.05) is 0 Å². The first-order valence-electron chi connectivity index (χ1n) is 6.44. The van der Waals surface area contributed by atoms with E-state index in [0.29, 0.717) is 0 Å². The van der Waals surface area contributed by atoms with E-state index in [2.05, 4.69) is 5.32 Å². The Labute approximate surface area is 122 Å². The normalized spacial score (nSPS) is 29.1. The van der Waals surface area contributed by atoms with Gasteiger partial charge >= 0.3 is 12.0 Å². The zero-order chi connectivity index (χ0) is 14.8. The molecule has 0 aromatic heterocycles. The summed E-state index contributed by atoms with van der Waals surface area (Å²) in [5.41, 5.74) is 0. The smallest absolute Gasteiger partial charge is 0.317 e. The summed E-state index contributed by atoms with van der Waals surface area (Å²) in [6, 6.07) is -1.03. The lowest BCUT2D eigenvalue weighted by molar-refractivity contribution is -0.138. The lowest BCUT2D eigenvalue weighted by Gasteiger charge is -2.35. The molecular formula is C11H18N2O5S2. The van der Waals surface area contributed by atoms with Gasteiger partial charge in [0.1, 0.15) is 0 Å². The van der Waals surface area contributed by atoms with Gasteiger partial charge in [-0.2, -0.15) is 11.8 Å². The van der Waals surface area contributed by atoms with Crippen LogP contribution >= 0.6 is 11.8 Å². The van der Waals surface area contributed by atoms with E-state index in [1.807, 2.05) is 0 Å². The Bertz CT molecular complexity index is 487. The van der Waals surface area contributed by atoms with Crippen LogP contribution in [0.3, 0.4) is 0 Å². The molecule has 2 aliphatic rings. The van der Waals surface area contributed by atoms with Gasteiger partial charge in [-0.3, -0.25) is 4.79 Å². The molecule has 2 saturated heterocycles. The third-order valence-electron chi connectivity index (χ3n) is 3.46. The second-order valence-electron chi connectivity index (χ2n) is 5.07. The van der Waals surface area contributed by atoms with Gasteiger partial charge in [0.15, 0.2) is 9.84 Å². The fraction of sp³-hybridized carbons (Fsp3) is 0.818. The Morgan fingerprint density at radius 3 is 2.75 bits per heavy atom. The number of carboxylic acid groups (broad SMARTS) is 1. The maximum Gasteiger partial charge on any atom is 0.317 e. The third-order valence-corrected chi connectivity index (χ3v) is 6.32. The first-order chi connectivity index (χ1) is 9.37. The first kappa shape index (κ1) is 15.4. The van der Waals surface area contributed by atoms with Crippen LogP contribution in [0.2, 0.25) is 0 Å². The number of thioether (sulfide) groups is 1. The van der Waals surface area contributed by atoms with E-state index >= 15 is 0 Å². The summed E-state index contributed by atoms with van der Waals surface area (Å²) in [4.78, 5) is 24.4. The number of sulfone groups is 1. The molecule has 9 heteroatoms. The lowest BCUT2D eigenvalue weighted by Crippen LogP contribution is -2.56. The van der Waals surface area contributed by atoms with Gasteiger partial charge in [-0.05, 0) is 12.2 Å². The molecule has 2 amide bonds. The molecule has 2 heterocycles. The van der Waals surface area contributed by atoms with Crippen molar-refractivity contribution < 1.29 is 23.1 Å². The molecule has 20 heavy (non-hydrogen) atoms. The molecule has 0 aromatic carbocycles. The lowest BCUT2D eigenvalue weighted by atomic mass is 10.2. The summed E-state index contributed by atoms with van der Waals surface area (Å²) < 4.78 is 23.2. The van der Waals surface area contributed by atoms with E-state index in [-0.39, 0.29) is 36.5 Å². The number of nitrogens with one attached hydrogen (secondary N) is 1. The van der Waals surface area contributed by atoms with Crippen LogP contribution in [0.1, 0.15) is 12.8 Å². The molecule has 2 rings (SSSR count). The summed E-state index contributed by atoms with van der Waals surface area (Å²) in [7, 11) is -3.26. The quantitative estimate of drug-likeness (QED) is 0.744. The molecule has 2 fully saturated rings. The largest absolute Gasteiger partial charge is 0.481 e. The van der Waals surface area contributed by atoms with Crippen molar-refractivity contribution in [1.82, 2.24) is 10.2 Å². The summed E-state index contributed by atoms with van der Waals surface area (Å²) in [5.74, 6) is 0.378. The topological polar surface area (TPSA) is 104 Å². The Morgan fingerprint density at radius 2 is 2.15 bits per heavy atom. The number of amides is 2. The van der Waals surface area contributed by atoms with Gasteiger partial charge in [0.2, 0.25) is 0 Å². The van der Waals surface area contributed by atoms with Crippen molar-refractivity contribution in [2.75, 3.05) is 29.6 Å². The predicted octanol–water partition coefficient (Wildman–Crippen LogP) is -0.225. The van der Waals surface area contributed by atoms with Crippen molar-refractivity contribution in [1.29, 1.82) is 0 Å². The fourth-order valence-corrected chi connectivity index (χ4v) is 5.11. The highest BCUT2D eigenvalue weighted by Gasteiger charge is 2.36. The minimum absolute atomic E-state index is 0.0615. The molecule has 0 spiro atoms. The minimum atomic E-state index is -3.26. The molecule has 0 saturated carbocycles. The fourth-order valence-electron chi connectivity index (χ4n) is 2.43. The molecule has 2 aliphatic heterocycles. The Hall–Kier alpha value is -0.960. The molecule has 2 unspecified atom stereocenters. The van der Waals surface area contributed by atoms with Crippen LogP contribution < -0.4 is 5.32 Å². The third kappa shape index (κ3) is 4.02. The van der Waals surface area contributed by atoms with Crippen molar-refractivity contribution >= 4 is 33.6 Å². The van der Waals surface area contributed by atoms with E-state index in [9.17, 15) is 18.0 Å². The van der Waals surface area contributed by atoms with Crippen LogP contribution in [0.25, 0.3) is 0 Å². The van der Waals surface area contributed by atoms with Gasteiger partial charge in [-0.15, -0.1) is 0 Å². The summed E-state index contributed by atoms with van der Waals surface area (Å²) in [5, 5.41) is 11.7. The van der Waals surface area contributed by atoms with Crippen LogP contribution in [0.4, 0.5) is 4.79 Å². The molecule has 0 bridgehead atoms. The second kappa shape index (κ2) is 6.21. The van der Waals surface area contributed by atoms with Crippen LogP contribution in [0.5, 0.6) is 0 Å². The maximum atomic E-state index is 12.2. The van der Waals surface area contributed by atoms with Gasteiger partial charge in [0.25, 0.3) is 0 Å². The number of rotatable bonds is 3. The molecule has 2 N–H and O–H groups in total. The van der Waals surface area contributed by atoms with Crippen LogP contribution in [-0.2, 0) is 14.6 Å². The number of carbonyl (C=O) groups is 2. The predicted molar refractivity (Wildman–Crippen MR) is 75.7 cm³/mol. The molecule has 0 radical (unpaired) electrons. The number of hydrogen-bond donors (Lipinski definition) is 2. The van der Waals surface area contributed by atoms with E-state index in [0.717, 1.165) is 17.9 Å². The molecule has 7 nitrogen and oxygen atoms in total. The number of nitrogens with zero attached hydrogens (tertiary/aromatic N) is 1. The zero-order valence-electron chi connectivity index (χ0n) is 10.9. The highest BCUT2D eigenvalue weighted by atomic mass is 32.2. The highest BCUT2D eigenvalue weighted by molar-refractivity contribution is 7.99. The highest BCUT2D eigenvalue weighted by Crippen LogP contribution is 2.19. The zero-order valence-corrected chi connectivity index (χ0v) is 12.6. The number of aliphatic carboxylic acids is 1. The average Bonchev–Trinajstić information content (AvgIpc) is 2.79. The van der Waals surface area contributed by atoms with Crippen molar-refractivity contribution in [3.05, 3.63) is 0 Å². The van der Waals surface area contributed by atoms with Crippen molar-refractivity contribution in [2.24, 2.45) is 0 Å². The van der Waals surface area contributed by atoms with Gasteiger partial charge in [0, 0.05) is 18.3 Å². The standard InChI is InChI=1S/C11H18N2O5S2/c14-10(15)5-9-7-20(17,18)4-2-13(9)11(16)12-8-1-3-19-6-8/h8-9H,1-7H2,(H,12,16)(H,14,15). The van der Waals surface area contributed by atoms with Crippen LogP contribution in [0.15, 0.2) is 0 Å². The Kier molecular flexibility index (Phi) is 4.79. The van der Waals surface area contributed by atoms with Crippen LogP contribution in [0, 0.1) is 0 Å². The maximum absolute atomic E-state index is 12.2. The first-order valence-corrected chi connectivity index (χ1v) is 9.42. The van der Waals surface area contributed by atoms with E-state index in [1.165, 1.54) is 4.90 Å². The summed E-state index contributed by atoms with van der Waals surface area (Å²) in [6.07, 6.45) is 0.554. The Balaban J connectivity index is 2.02. The molecule has 0 aromatic rings. The second-order valence-corrected chi connectivity index (χ2v) is 8.45.